The van der Waals surface area contributed by atoms with E-state index in [0.717, 1.165) is 4.68 Å². The van der Waals surface area contributed by atoms with Crippen LogP contribution in [0.4, 0.5) is 0 Å². The SMILES string of the molecule is NNn1ccnnc1=O. The highest BCUT2D eigenvalue weighted by Crippen LogP contribution is 1.62. The Morgan fingerprint density at radius 2 is 2.56 bits per heavy atom. The second-order valence-electron chi connectivity index (χ2n) is 1.30. The van der Waals surface area contributed by atoms with Crippen molar-refractivity contribution in [3.8, 4) is 0 Å². The zero-order valence-electron chi connectivity index (χ0n) is 4.48. The van der Waals surface area contributed by atoms with Gasteiger partial charge < -0.3 is 0 Å². The Hall–Kier alpha value is -1.43. The molecule has 0 atom stereocenters. The van der Waals surface area contributed by atoms with Crippen LogP contribution in [0.15, 0.2) is 17.2 Å². The van der Waals surface area contributed by atoms with E-state index in [-0.39, 0.29) is 0 Å². The van der Waals surface area contributed by atoms with Crippen molar-refractivity contribution in [3.05, 3.63) is 22.9 Å². The highest BCUT2D eigenvalue weighted by molar-refractivity contribution is 4.72. The van der Waals surface area contributed by atoms with E-state index in [1.807, 2.05) is 0 Å². The van der Waals surface area contributed by atoms with Crippen LogP contribution in [0.25, 0.3) is 0 Å². The highest BCUT2D eigenvalue weighted by atomic mass is 16.2. The summed E-state index contributed by atoms with van der Waals surface area (Å²) < 4.78 is 1.01. The van der Waals surface area contributed by atoms with Crippen molar-refractivity contribution >= 4 is 0 Å². The van der Waals surface area contributed by atoms with Gasteiger partial charge >= 0.3 is 5.69 Å². The lowest BCUT2D eigenvalue weighted by atomic mass is 10.9. The van der Waals surface area contributed by atoms with Crippen LogP contribution < -0.4 is 17.1 Å². The Kier molecular flexibility index (Phi) is 1.41. The summed E-state index contributed by atoms with van der Waals surface area (Å²) in [5.74, 6) is 4.90. The molecule has 9 heavy (non-hydrogen) atoms. The Labute approximate surface area is 50.3 Å². The van der Waals surface area contributed by atoms with Crippen LogP contribution in [0.1, 0.15) is 0 Å². The van der Waals surface area contributed by atoms with Crippen LogP contribution in [0, 0.1) is 0 Å². The Morgan fingerprint density at radius 3 is 3.00 bits per heavy atom. The third-order valence-electron chi connectivity index (χ3n) is 0.771. The predicted octanol–water partition coefficient (Wildman–Crippen LogP) is -1.94. The van der Waals surface area contributed by atoms with Crippen molar-refractivity contribution in [2.45, 2.75) is 0 Å². The zero-order chi connectivity index (χ0) is 6.69. The van der Waals surface area contributed by atoms with Crippen LogP contribution in [0.2, 0.25) is 0 Å². The van der Waals surface area contributed by atoms with Gasteiger partial charge in [0, 0.05) is 0 Å². The standard InChI is InChI=1S/C3H5N5O/c4-7-8-2-1-5-6-3(8)9/h1-2,7H,4H2. The minimum absolute atomic E-state index is 0.528. The molecule has 1 heterocycles. The maximum Gasteiger partial charge on any atom is 0.385 e. The molecule has 0 saturated heterocycles. The summed E-state index contributed by atoms with van der Waals surface area (Å²) in [4.78, 5) is 10.5. The lowest BCUT2D eigenvalue weighted by Crippen LogP contribution is -2.34. The fourth-order valence-corrected chi connectivity index (χ4v) is 0.389. The Bertz CT molecular complexity index is 242. The van der Waals surface area contributed by atoms with Crippen LogP contribution in [-0.2, 0) is 0 Å². The monoisotopic (exact) mass is 127 g/mol. The fraction of sp³-hybridized carbons (Fsp3) is 0. The number of hydrazine groups is 1. The van der Waals surface area contributed by atoms with E-state index in [1.54, 1.807) is 0 Å². The van der Waals surface area contributed by atoms with Crippen LogP contribution >= 0.6 is 0 Å². The molecule has 0 saturated carbocycles. The molecule has 3 N–H and O–H groups in total. The molecule has 6 nitrogen and oxygen atoms in total. The van der Waals surface area contributed by atoms with E-state index in [1.165, 1.54) is 12.4 Å². The topological polar surface area (TPSA) is 85.8 Å². The van der Waals surface area contributed by atoms with Crippen molar-refractivity contribution in [1.29, 1.82) is 0 Å². The van der Waals surface area contributed by atoms with Crippen molar-refractivity contribution in [2.24, 2.45) is 5.84 Å². The summed E-state index contributed by atoms with van der Waals surface area (Å²) in [6.07, 6.45) is 2.72. The maximum absolute atomic E-state index is 10.5. The van der Waals surface area contributed by atoms with Crippen LogP contribution in [-0.4, -0.2) is 14.9 Å². The first kappa shape index (κ1) is 5.70. The summed E-state index contributed by atoms with van der Waals surface area (Å²) in [6, 6.07) is 0. The van der Waals surface area contributed by atoms with Gasteiger partial charge in [0.25, 0.3) is 0 Å². The summed E-state index contributed by atoms with van der Waals surface area (Å²) in [5.41, 5.74) is 1.57. The lowest BCUT2D eigenvalue weighted by molar-refractivity contribution is 0.747. The third kappa shape index (κ3) is 1.03. The number of nitrogens with zero attached hydrogens (tertiary/aromatic N) is 3. The van der Waals surface area contributed by atoms with Crippen molar-refractivity contribution in [2.75, 3.05) is 5.53 Å². The molecule has 0 bridgehead atoms. The van der Waals surface area contributed by atoms with Gasteiger partial charge in [-0.05, 0) is 0 Å². The van der Waals surface area contributed by atoms with E-state index < -0.39 is 5.69 Å². The molecule has 0 radical (unpaired) electrons. The normalized spacial score (nSPS) is 9.00. The second-order valence-corrected chi connectivity index (χ2v) is 1.30. The molecule has 0 aliphatic carbocycles. The smallest absolute Gasteiger partial charge is 0.258 e. The Balaban J connectivity index is 3.16. The van der Waals surface area contributed by atoms with E-state index in [0.29, 0.717) is 0 Å². The first-order valence-corrected chi connectivity index (χ1v) is 2.21. The number of nitrogen functional groups attached to an aromatic ring is 1. The summed E-state index contributed by atoms with van der Waals surface area (Å²) in [6.45, 7) is 0. The average Bonchev–Trinajstić information content (AvgIpc) is 1.89. The minimum Gasteiger partial charge on any atom is -0.258 e. The number of aromatic nitrogens is 3. The molecule has 1 rings (SSSR count). The first-order valence-electron chi connectivity index (χ1n) is 2.21. The molecule has 0 aliphatic rings. The van der Waals surface area contributed by atoms with Crippen LogP contribution in [0.5, 0.6) is 0 Å². The Morgan fingerprint density at radius 1 is 1.78 bits per heavy atom. The van der Waals surface area contributed by atoms with Gasteiger partial charge in [0.05, 0.1) is 12.4 Å². The average molecular weight is 127 g/mol. The maximum atomic E-state index is 10.5. The van der Waals surface area contributed by atoms with Gasteiger partial charge in [-0.3, -0.25) is 5.53 Å². The molecule has 0 aromatic carbocycles. The molecule has 1 aromatic heterocycles. The number of hydrogen-bond acceptors (Lipinski definition) is 5. The minimum atomic E-state index is -0.528. The van der Waals surface area contributed by atoms with E-state index in [4.69, 9.17) is 5.84 Å². The van der Waals surface area contributed by atoms with Crippen LogP contribution in [0.3, 0.4) is 0 Å². The number of rotatable bonds is 1. The number of nitrogens with two attached hydrogens (primary N) is 1. The third-order valence-corrected chi connectivity index (χ3v) is 0.771. The quantitative estimate of drug-likeness (QED) is 0.338. The second kappa shape index (κ2) is 2.23. The molecule has 0 amide bonds. The van der Waals surface area contributed by atoms with Gasteiger partial charge in [-0.1, -0.05) is 5.10 Å². The summed E-state index contributed by atoms with van der Waals surface area (Å²) in [5, 5.41) is 6.48. The fourth-order valence-electron chi connectivity index (χ4n) is 0.389. The van der Waals surface area contributed by atoms with Crippen molar-refractivity contribution in [3.63, 3.8) is 0 Å². The number of nitrogens with one attached hydrogen (secondary N) is 1. The lowest BCUT2D eigenvalue weighted by Gasteiger charge is -1.97. The number of hydrogen-bond donors (Lipinski definition) is 2. The zero-order valence-corrected chi connectivity index (χ0v) is 4.48. The van der Waals surface area contributed by atoms with Gasteiger partial charge in [-0.2, -0.15) is 9.77 Å². The van der Waals surface area contributed by atoms with Gasteiger partial charge in [0.2, 0.25) is 0 Å². The molecule has 1 aromatic rings. The predicted molar refractivity (Wildman–Crippen MR) is 29.8 cm³/mol. The first-order chi connectivity index (χ1) is 4.34. The molecular weight excluding hydrogens is 122 g/mol. The molecule has 0 aliphatic heterocycles. The van der Waals surface area contributed by atoms with E-state index in [9.17, 15) is 4.79 Å². The molecule has 6 heteroatoms. The largest absolute Gasteiger partial charge is 0.385 e. The van der Waals surface area contributed by atoms with Gasteiger partial charge in [-0.25, -0.2) is 10.6 Å². The van der Waals surface area contributed by atoms with Gasteiger partial charge in [-0.15, -0.1) is 0 Å². The summed E-state index contributed by atoms with van der Waals surface area (Å²) >= 11 is 0. The highest BCUT2D eigenvalue weighted by Gasteiger charge is 1.87. The van der Waals surface area contributed by atoms with E-state index in [2.05, 4.69) is 15.7 Å². The van der Waals surface area contributed by atoms with Crippen molar-refractivity contribution < 1.29 is 0 Å². The van der Waals surface area contributed by atoms with E-state index >= 15 is 0 Å². The van der Waals surface area contributed by atoms with Gasteiger partial charge in [0.15, 0.2) is 0 Å². The summed E-state index contributed by atoms with van der Waals surface area (Å²) in [7, 11) is 0. The molecular formula is C3H5N5O. The molecule has 0 spiro atoms. The van der Waals surface area contributed by atoms with Crippen molar-refractivity contribution in [1.82, 2.24) is 14.9 Å². The molecule has 0 unspecified atom stereocenters. The van der Waals surface area contributed by atoms with Gasteiger partial charge in [0.1, 0.15) is 0 Å². The molecule has 48 valence electrons. The molecule has 0 fully saturated rings.